The van der Waals surface area contributed by atoms with Gasteiger partial charge in [0.15, 0.2) is 11.5 Å². The summed E-state index contributed by atoms with van der Waals surface area (Å²) in [6.45, 7) is 5.62. The zero-order valence-electron chi connectivity index (χ0n) is 17.2. The second-order valence-electron chi connectivity index (χ2n) is 6.26. The average molecular weight is 387 g/mol. The van der Waals surface area contributed by atoms with Gasteiger partial charge < -0.3 is 24.4 Å². The Kier molecular flexibility index (Phi) is 7.92. The number of hydrogen-bond acceptors (Lipinski definition) is 6. The highest BCUT2D eigenvalue weighted by Crippen LogP contribution is 2.40. The van der Waals surface area contributed by atoms with Crippen molar-refractivity contribution in [2.24, 2.45) is 0 Å². The topological polar surface area (TPSA) is 72.9 Å². The summed E-state index contributed by atoms with van der Waals surface area (Å²) in [5.41, 5.74) is 1.32. The van der Waals surface area contributed by atoms with E-state index in [1.165, 1.54) is 0 Å². The molecule has 2 aromatic rings. The highest BCUT2D eigenvalue weighted by Gasteiger charge is 2.16. The maximum Gasteiger partial charge on any atom is 0.254 e. The molecule has 28 heavy (non-hydrogen) atoms. The number of carbonyl (C=O) groups is 1. The number of rotatable bonds is 10. The highest BCUT2D eigenvalue weighted by molar-refractivity contribution is 5.95. The molecule has 0 saturated carbocycles. The first-order chi connectivity index (χ1) is 13.6. The van der Waals surface area contributed by atoms with Gasteiger partial charge in [-0.2, -0.15) is 0 Å². The number of carbonyl (C=O) groups excluding carboxylic acids is 1. The van der Waals surface area contributed by atoms with Crippen LogP contribution < -0.4 is 19.5 Å². The van der Waals surface area contributed by atoms with Gasteiger partial charge in [0, 0.05) is 42.7 Å². The minimum atomic E-state index is 0.0130. The molecule has 152 valence electrons. The molecule has 0 aliphatic rings. The van der Waals surface area contributed by atoms with Crippen LogP contribution in [0.1, 0.15) is 37.0 Å². The van der Waals surface area contributed by atoms with E-state index >= 15 is 0 Å². The standard InChI is InChI=1S/C21H29N3O4/c1-6-10-24(11-7-2)21(25)15-8-9-22-19(12-15)23-16-13-17(26-3)20(28-5)18(14-16)27-4/h8-9,12-14H,6-7,10-11H2,1-5H3,(H,22,23). The Morgan fingerprint density at radius 3 is 2.11 bits per heavy atom. The van der Waals surface area contributed by atoms with Crippen molar-refractivity contribution in [3.8, 4) is 17.2 Å². The van der Waals surface area contributed by atoms with E-state index in [1.807, 2.05) is 4.90 Å². The van der Waals surface area contributed by atoms with E-state index in [0.29, 0.717) is 34.3 Å². The summed E-state index contributed by atoms with van der Waals surface area (Å²) in [7, 11) is 4.69. The summed E-state index contributed by atoms with van der Waals surface area (Å²) < 4.78 is 16.1. The van der Waals surface area contributed by atoms with Gasteiger partial charge in [0.05, 0.1) is 21.3 Å². The van der Waals surface area contributed by atoms with Crippen molar-refractivity contribution >= 4 is 17.4 Å². The Hall–Kier alpha value is -2.96. The van der Waals surface area contributed by atoms with Crippen LogP contribution in [0.4, 0.5) is 11.5 Å². The smallest absolute Gasteiger partial charge is 0.254 e. The lowest BCUT2D eigenvalue weighted by Crippen LogP contribution is -2.32. The van der Waals surface area contributed by atoms with Gasteiger partial charge in [0.1, 0.15) is 5.82 Å². The van der Waals surface area contributed by atoms with Gasteiger partial charge in [0.2, 0.25) is 5.75 Å². The molecule has 0 spiro atoms. The third kappa shape index (κ3) is 5.06. The number of nitrogens with zero attached hydrogens (tertiary/aromatic N) is 2. The first-order valence-electron chi connectivity index (χ1n) is 9.40. The van der Waals surface area contributed by atoms with Gasteiger partial charge in [0.25, 0.3) is 5.91 Å². The molecular formula is C21H29N3O4. The molecule has 0 saturated heterocycles. The Bertz CT molecular complexity index is 764. The molecule has 7 heteroatoms. The van der Waals surface area contributed by atoms with Gasteiger partial charge >= 0.3 is 0 Å². The fourth-order valence-corrected chi connectivity index (χ4v) is 2.97. The predicted octanol–water partition coefficient (Wildman–Crippen LogP) is 4.11. The van der Waals surface area contributed by atoms with Crippen LogP contribution in [0, 0.1) is 0 Å². The molecular weight excluding hydrogens is 358 g/mol. The third-order valence-corrected chi connectivity index (χ3v) is 4.22. The van der Waals surface area contributed by atoms with E-state index in [4.69, 9.17) is 14.2 Å². The second kappa shape index (κ2) is 10.4. The minimum Gasteiger partial charge on any atom is -0.493 e. The highest BCUT2D eigenvalue weighted by atomic mass is 16.5. The van der Waals surface area contributed by atoms with Crippen molar-refractivity contribution in [3.05, 3.63) is 36.0 Å². The molecule has 2 rings (SSSR count). The average Bonchev–Trinajstić information content (AvgIpc) is 2.72. The molecule has 0 fully saturated rings. The maximum atomic E-state index is 12.8. The number of aromatic nitrogens is 1. The van der Waals surface area contributed by atoms with Crippen molar-refractivity contribution in [2.75, 3.05) is 39.7 Å². The SMILES string of the molecule is CCCN(CCC)C(=O)c1ccnc(Nc2cc(OC)c(OC)c(OC)c2)c1. The van der Waals surface area contributed by atoms with Gasteiger partial charge in [-0.25, -0.2) is 4.98 Å². The Morgan fingerprint density at radius 1 is 1.00 bits per heavy atom. The molecule has 0 aliphatic carbocycles. The molecule has 0 aliphatic heterocycles. The van der Waals surface area contributed by atoms with E-state index in [0.717, 1.165) is 25.9 Å². The number of anilines is 2. The lowest BCUT2D eigenvalue weighted by atomic mass is 10.2. The van der Waals surface area contributed by atoms with Gasteiger partial charge in [-0.15, -0.1) is 0 Å². The summed E-state index contributed by atoms with van der Waals surface area (Å²) in [5.74, 6) is 2.16. The molecule has 1 aromatic carbocycles. The van der Waals surface area contributed by atoms with Crippen LogP contribution in [-0.2, 0) is 0 Å². The number of nitrogens with one attached hydrogen (secondary N) is 1. The summed E-state index contributed by atoms with van der Waals surface area (Å²) in [6, 6.07) is 7.07. The van der Waals surface area contributed by atoms with Crippen LogP contribution in [0.25, 0.3) is 0 Å². The molecule has 1 aromatic heterocycles. The van der Waals surface area contributed by atoms with E-state index in [-0.39, 0.29) is 5.91 Å². The first-order valence-corrected chi connectivity index (χ1v) is 9.40. The molecule has 7 nitrogen and oxygen atoms in total. The summed E-state index contributed by atoms with van der Waals surface area (Å²) in [6.07, 6.45) is 3.48. The lowest BCUT2D eigenvalue weighted by molar-refractivity contribution is 0.0755. The molecule has 0 bridgehead atoms. The molecule has 1 amide bonds. The molecule has 1 heterocycles. The van der Waals surface area contributed by atoms with Crippen molar-refractivity contribution in [1.82, 2.24) is 9.88 Å². The van der Waals surface area contributed by atoms with Crippen LogP contribution >= 0.6 is 0 Å². The molecule has 1 N–H and O–H groups in total. The zero-order valence-corrected chi connectivity index (χ0v) is 17.2. The first kappa shape index (κ1) is 21.3. The summed E-state index contributed by atoms with van der Waals surface area (Å²) in [5, 5.41) is 3.21. The van der Waals surface area contributed by atoms with Crippen LogP contribution in [0.3, 0.4) is 0 Å². The van der Waals surface area contributed by atoms with Gasteiger partial charge in [-0.1, -0.05) is 13.8 Å². The Morgan fingerprint density at radius 2 is 1.61 bits per heavy atom. The number of hydrogen-bond donors (Lipinski definition) is 1. The van der Waals surface area contributed by atoms with Gasteiger partial charge in [-0.05, 0) is 25.0 Å². The number of methoxy groups -OCH3 is 3. The van der Waals surface area contributed by atoms with E-state index < -0.39 is 0 Å². The fraction of sp³-hybridized carbons (Fsp3) is 0.429. The molecule has 0 atom stereocenters. The lowest BCUT2D eigenvalue weighted by Gasteiger charge is -2.21. The van der Waals surface area contributed by atoms with Crippen LogP contribution in [0.15, 0.2) is 30.5 Å². The van der Waals surface area contributed by atoms with Crippen LogP contribution in [0.5, 0.6) is 17.2 Å². The largest absolute Gasteiger partial charge is 0.493 e. The van der Waals surface area contributed by atoms with Crippen molar-refractivity contribution < 1.29 is 19.0 Å². The van der Waals surface area contributed by atoms with Crippen LogP contribution in [-0.4, -0.2) is 50.2 Å². The zero-order chi connectivity index (χ0) is 20.5. The van der Waals surface area contributed by atoms with Crippen molar-refractivity contribution in [2.45, 2.75) is 26.7 Å². The third-order valence-electron chi connectivity index (χ3n) is 4.22. The molecule has 0 radical (unpaired) electrons. The number of ether oxygens (including phenoxy) is 3. The quantitative estimate of drug-likeness (QED) is 0.661. The maximum absolute atomic E-state index is 12.8. The summed E-state index contributed by atoms with van der Waals surface area (Å²) in [4.78, 5) is 19.0. The summed E-state index contributed by atoms with van der Waals surface area (Å²) >= 11 is 0. The van der Waals surface area contributed by atoms with Gasteiger partial charge in [-0.3, -0.25) is 4.79 Å². The number of amides is 1. The Labute approximate surface area is 166 Å². The normalized spacial score (nSPS) is 10.3. The number of pyridine rings is 1. The van der Waals surface area contributed by atoms with E-state index in [2.05, 4.69) is 24.1 Å². The second-order valence-corrected chi connectivity index (χ2v) is 6.26. The van der Waals surface area contributed by atoms with Crippen molar-refractivity contribution in [3.63, 3.8) is 0 Å². The predicted molar refractivity (Wildman–Crippen MR) is 110 cm³/mol. The van der Waals surface area contributed by atoms with Crippen LogP contribution in [0.2, 0.25) is 0 Å². The fourth-order valence-electron chi connectivity index (χ4n) is 2.97. The van der Waals surface area contributed by atoms with Crippen molar-refractivity contribution in [1.29, 1.82) is 0 Å². The minimum absolute atomic E-state index is 0.0130. The monoisotopic (exact) mass is 387 g/mol. The molecule has 0 unspecified atom stereocenters. The van der Waals surface area contributed by atoms with E-state index in [1.54, 1.807) is 51.8 Å². The Balaban J connectivity index is 2.28. The number of benzene rings is 1. The van der Waals surface area contributed by atoms with E-state index in [9.17, 15) is 4.79 Å².